The lowest BCUT2D eigenvalue weighted by Crippen LogP contribution is -2.06. The van der Waals surface area contributed by atoms with Gasteiger partial charge in [0.05, 0.1) is 39.3 Å². The maximum atomic E-state index is 11.0. The van der Waals surface area contributed by atoms with Crippen molar-refractivity contribution in [1.82, 2.24) is 15.0 Å². The largest absolute Gasteiger partial charge is 0.308 e. The first kappa shape index (κ1) is 13.0. The van der Waals surface area contributed by atoms with Crippen LogP contribution in [0, 0.1) is 30.3 Å². The molecule has 1 heterocycles. The Balaban J connectivity index is 2.85. The Morgan fingerprint density at radius 1 is 0.950 bits per heavy atom. The number of hydrogen-bond donors (Lipinski definition) is 0. The highest BCUT2D eigenvalue weighted by atomic mass is 16.6. The Morgan fingerprint density at radius 2 is 1.50 bits per heavy atom. The van der Waals surface area contributed by atoms with E-state index >= 15 is 0 Å². The van der Waals surface area contributed by atoms with Crippen molar-refractivity contribution >= 4 is 17.1 Å². The van der Waals surface area contributed by atoms with E-state index in [1.54, 1.807) is 0 Å². The van der Waals surface area contributed by atoms with Gasteiger partial charge in [-0.15, -0.1) is 5.10 Å². The highest BCUT2D eigenvalue weighted by molar-refractivity contribution is 5.69. The number of nitro benzene ring substituents is 3. The van der Waals surface area contributed by atoms with Gasteiger partial charge in [-0.2, -0.15) is 0 Å². The third-order valence-electron chi connectivity index (χ3n) is 2.31. The predicted octanol–water partition coefficient (Wildman–Crippen LogP) is 0.992. The second-order valence-corrected chi connectivity index (χ2v) is 3.45. The number of hydrogen-bond acceptors (Lipinski definition) is 8. The topological polar surface area (TPSA) is 160 Å². The first-order valence-electron chi connectivity index (χ1n) is 4.89. The number of rotatable bonds is 4. The van der Waals surface area contributed by atoms with Crippen LogP contribution >= 0.6 is 0 Å². The van der Waals surface area contributed by atoms with Crippen LogP contribution in [0.25, 0.3) is 5.69 Å². The molecule has 0 radical (unpaired) electrons. The molecule has 12 nitrogen and oxygen atoms in total. The summed E-state index contributed by atoms with van der Waals surface area (Å²) < 4.78 is 0.806. The summed E-state index contributed by atoms with van der Waals surface area (Å²) in [5.74, 6) is 0. The van der Waals surface area contributed by atoms with Gasteiger partial charge in [-0.05, 0) is 0 Å². The molecule has 0 bridgehead atoms. The fraction of sp³-hybridized carbons (Fsp3) is 0. The van der Waals surface area contributed by atoms with Crippen molar-refractivity contribution in [2.24, 2.45) is 0 Å². The second-order valence-electron chi connectivity index (χ2n) is 3.45. The monoisotopic (exact) mass is 280 g/mol. The SMILES string of the molecule is O=[N+]([O-])c1cc([N+](=O)[O-])c(-n2ccnn2)c([N+](=O)[O-])c1. The Morgan fingerprint density at radius 3 is 1.85 bits per heavy atom. The summed E-state index contributed by atoms with van der Waals surface area (Å²) >= 11 is 0. The molecule has 0 saturated heterocycles. The van der Waals surface area contributed by atoms with Crippen molar-refractivity contribution in [1.29, 1.82) is 0 Å². The third-order valence-corrected chi connectivity index (χ3v) is 2.31. The molecule has 20 heavy (non-hydrogen) atoms. The van der Waals surface area contributed by atoms with E-state index in [0.29, 0.717) is 12.1 Å². The van der Waals surface area contributed by atoms with Crippen molar-refractivity contribution in [3.63, 3.8) is 0 Å². The lowest BCUT2D eigenvalue weighted by molar-refractivity contribution is -0.402. The van der Waals surface area contributed by atoms with Crippen LogP contribution in [-0.4, -0.2) is 29.8 Å². The van der Waals surface area contributed by atoms with E-state index in [4.69, 9.17) is 0 Å². The van der Waals surface area contributed by atoms with Crippen LogP contribution in [-0.2, 0) is 0 Å². The van der Waals surface area contributed by atoms with E-state index in [2.05, 4.69) is 10.3 Å². The number of nitro groups is 3. The summed E-state index contributed by atoms with van der Waals surface area (Å²) in [5, 5.41) is 39.4. The minimum Gasteiger partial charge on any atom is -0.258 e. The van der Waals surface area contributed by atoms with Gasteiger partial charge >= 0.3 is 11.4 Å². The third kappa shape index (κ3) is 2.12. The molecule has 0 N–H and O–H groups in total. The van der Waals surface area contributed by atoms with Gasteiger partial charge in [0.1, 0.15) is 0 Å². The van der Waals surface area contributed by atoms with Crippen LogP contribution in [0.2, 0.25) is 0 Å². The summed E-state index contributed by atoms with van der Waals surface area (Å²) in [7, 11) is 0. The standard InChI is InChI=1S/C8H4N6O6/c15-12(16)5-3-6(13(17)18)8(7(4-5)14(19)20)11-2-1-9-10-11/h1-4H. The van der Waals surface area contributed by atoms with Crippen LogP contribution < -0.4 is 0 Å². The first-order chi connectivity index (χ1) is 9.41. The van der Waals surface area contributed by atoms with Crippen LogP contribution in [0.5, 0.6) is 0 Å². The molecule has 0 saturated carbocycles. The number of benzene rings is 1. The van der Waals surface area contributed by atoms with Gasteiger partial charge in [-0.25, -0.2) is 4.68 Å². The smallest absolute Gasteiger partial charge is 0.258 e. The van der Waals surface area contributed by atoms with Crippen LogP contribution in [0.15, 0.2) is 24.5 Å². The van der Waals surface area contributed by atoms with Gasteiger partial charge in [0.25, 0.3) is 5.69 Å². The van der Waals surface area contributed by atoms with Crippen molar-refractivity contribution in [2.75, 3.05) is 0 Å². The highest BCUT2D eigenvalue weighted by Gasteiger charge is 2.32. The average Bonchev–Trinajstić information content (AvgIpc) is 2.90. The van der Waals surface area contributed by atoms with E-state index in [0.717, 1.165) is 17.1 Å². The van der Waals surface area contributed by atoms with Gasteiger partial charge in [0, 0.05) is 0 Å². The minimum atomic E-state index is -0.961. The van der Waals surface area contributed by atoms with E-state index < -0.39 is 37.5 Å². The van der Waals surface area contributed by atoms with Crippen LogP contribution in [0.4, 0.5) is 17.1 Å². The van der Waals surface area contributed by atoms with Crippen molar-refractivity contribution in [2.45, 2.75) is 0 Å². The Hall–Kier alpha value is -3.44. The molecule has 0 fully saturated rings. The normalized spacial score (nSPS) is 10.2. The van der Waals surface area contributed by atoms with Crippen molar-refractivity contribution < 1.29 is 14.8 Å². The molecular formula is C8H4N6O6. The van der Waals surface area contributed by atoms with Crippen LogP contribution in [0.1, 0.15) is 0 Å². The van der Waals surface area contributed by atoms with Gasteiger partial charge in [0.2, 0.25) is 5.69 Å². The Bertz CT molecular complexity index is 675. The summed E-state index contributed by atoms with van der Waals surface area (Å²) in [5.41, 5.74) is -2.87. The fourth-order valence-electron chi connectivity index (χ4n) is 1.54. The van der Waals surface area contributed by atoms with Crippen LogP contribution in [0.3, 0.4) is 0 Å². The number of nitrogens with zero attached hydrogens (tertiary/aromatic N) is 6. The summed E-state index contributed by atoms with van der Waals surface area (Å²) in [6, 6.07) is 1.26. The molecule has 102 valence electrons. The molecule has 0 spiro atoms. The number of aromatic nitrogens is 3. The van der Waals surface area contributed by atoms with Gasteiger partial charge < -0.3 is 0 Å². The highest BCUT2D eigenvalue weighted by Crippen LogP contribution is 2.35. The zero-order valence-electron chi connectivity index (χ0n) is 9.44. The maximum Gasteiger partial charge on any atom is 0.308 e. The van der Waals surface area contributed by atoms with Gasteiger partial charge in [0.15, 0.2) is 0 Å². The zero-order valence-corrected chi connectivity index (χ0v) is 9.44. The van der Waals surface area contributed by atoms with Gasteiger partial charge in [-0.3, -0.25) is 30.3 Å². The Labute approximate surface area is 108 Å². The first-order valence-corrected chi connectivity index (χ1v) is 4.89. The lowest BCUT2D eigenvalue weighted by atomic mass is 10.2. The molecule has 0 aliphatic carbocycles. The summed E-state index contributed by atoms with van der Waals surface area (Å²) in [4.78, 5) is 29.7. The summed E-state index contributed by atoms with van der Waals surface area (Å²) in [6.45, 7) is 0. The molecule has 1 aromatic heterocycles. The molecule has 0 atom stereocenters. The van der Waals surface area contributed by atoms with E-state index in [1.807, 2.05) is 0 Å². The van der Waals surface area contributed by atoms with E-state index in [-0.39, 0.29) is 0 Å². The molecule has 2 aromatic rings. The average molecular weight is 280 g/mol. The van der Waals surface area contributed by atoms with Gasteiger partial charge in [-0.1, -0.05) is 5.21 Å². The molecule has 1 aromatic carbocycles. The predicted molar refractivity (Wildman–Crippen MR) is 61.3 cm³/mol. The lowest BCUT2D eigenvalue weighted by Gasteiger charge is -2.03. The number of non-ortho nitro benzene ring substituents is 1. The molecule has 0 aliphatic rings. The molecule has 12 heteroatoms. The Kier molecular flexibility index (Phi) is 3.04. The molecule has 0 aliphatic heterocycles. The summed E-state index contributed by atoms with van der Waals surface area (Å²) in [6.07, 6.45) is 2.32. The quantitative estimate of drug-likeness (QED) is 0.591. The maximum absolute atomic E-state index is 11.0. The second kappa shape index (κ2) is 4.68. The molecule has 0 unspecified atom stereocenters. The van der Waals surface area contributed by atoms with E-state index in [1.165, 1.54) is 0 Å². The van der Waals surface area contributed by atoms with E-state index in [9.17, 15) is 30.3 Å². The molecular weight excluding hydrogens is 276 g/mol. The fourth-order valence-corrected chi connectivity index (χ4v) is 1.54. The zero-order chi connectivity index (χ0) is 14.9. The minimum absolute atomic E-state index is 0.497. The molecule has 0 amide bonds. The molecule has 2 rings (SSSR count). The van der Waals surface area contributed by atoms with Crippen molar-refractivity contribution in [3.8, 4) is 5.69 Å². The van der Waals surface area contributed by atoms with Crippen molar-refractivity contribution in [3.05, 3.63) is 54.9 Å².